The molecular weight excluding hydrogens is 350 g/mol. The van der Waals surface area contributed by atoms with Crippen LogP contribution in [0.15, 0.2) is 11.6 Å². The van der Waals surface area contributed by atoms with Crippen molar-refractivity contribution in [2.75, 3.05) is 6.61 Å². The fourth-order valence-corrected chi connectivity index (χ4v) is 7.24. The molecule has 0 radical (unpaired) electrons. The lowest BCUT2D eigenvalue weighted by Crippen LogP contribution is -2.43. The van der Waals surface area contributed by atoms with Gasteiger partial charge in [-0.25, -0.2) is 8.78 Å². The molecule has 27 heavy (non-hydrogen) atoms. The molecule has 0 spiro atoms. The van der Waals surface area contributed by atoms with Crippen molar-refractivity contribution in [3.8, 4) is 0 Å². The van der Waals surface area contributed by atoms with Crippen molar-refractivity contribution >= 4 is 5.78 Å². The van der Waals surface area contributed by atoms with Gasteiger partial charge in [0, 0.05) is 12.3 Å². The smallest absolute Gasteiger partial charge is 0.267 e. The summed E-state index contributed by atoms with van der Waals surface area (Å²) in [7, 11) is 0. The van der Waals surface area contributed by atoms with E-state index in [1.165, 1.54) is 0 Å². The van der Waals surface area contributed by atoms with Crippen molar-refractivity contribution in [2.24, 2.45) is 35.0 Å². The zero-order valence-corrected chi connectivity index (χ0v) is 16.2. The maximum Gasteiger partial charge on any atom is 0.267 e. The molecule has 4 aliphatic carbocycles. The number of rotatable bonds is 3. The molecular formula is C22H32F2O3. The summed E-state index contributed by atoms with van der Waals surface area (Å²) < 4.78 is 26.7. The number of halogens is 2. The molecule has 3 nitrogen and oxygen atoms in total. The number of alkyl halides is 2. The second-order valence-corrected chi connectivity index (χ2v) is 9.90. The van der Waals surface area contributed by atoms with Gasteiger partial charge in [0.25, 0.3) is 6.43 Å². The Kier molecular flexibility index (Phi) is 4.99. The first kappa shape index (κ1) is 19.5. The van der Waals surface area contributed by atoms with Gasteiger partial charge < -0.3 is 10.2 Å². The third kappa shape index (κ3) is 3.09. The highest BCUT2D eigenvalue weighted by atomic mass is 19.3. The van der Waals surface area contributed by atoms with Gasteiger partial charge in [-0.15, -0.1) is 0 Å². The van der Waals surface area contributed by atoms with Crippen LogP contribution in [0.1, 0.15) is 64.7 Å². The zero-order valence-electron chi connectivity index (χ0n) is 16.2. The van der Waals surface area contributed by atoms with Crippen molar-refractivity contribution in [3.63, 3.8) is 0 Å². The number of fused-ring (bicyclic) bond motifs is 6. The number of aliphatic hydroxyl groups is 2. The first-order chi connectivity index (χ1) is 12.8. The normalized spacial score (nSPS) is 46.9. The molecule has 2 N–H and O–H groups in total. The predicted octanol–water partition coefficient (Wildman–Crippen LogP) is 4.12. The van der Waals surface area contributed by atoms with Crippen molar-refractivity contribution < 1.29 is 23.8 Å². The molecule has 3 fully saturated rings. The largest absolute Gasteiger partial charge is 0.389 e. The summed E-state index contributed by atoms with van der Waals surface area (Å²) in [6.45, 7) is 1.89. The third-order valence-corrected chi connectivity index (χ3v) is 8.72. The summed E-state index contributed by atoms with van der Waals surface area (Å²) in [4.78, 5) is 12.3. The Morgan fingerprint density at radius 2 is 2.00 bits per heavy atom. The molecule has 0 aliphatic heterocycles. The second-order valence-electron chi connectivity index (χ2n) is 9.90. The Labute approximate surface area is 160 Å². The molecule has 0 aromatic rings. The first-order valence-corrected chi connectivity index (χ1v) is 10.6. The standard InChI is InChI=1S/C22H32F2O3/c1-21-8-6-13-10-14(17(21)4-5-18(21)19(26)12-25)2-3-15-11-22(27,20(23)24)9-7-16(13)15/h3,13-14,16-18,20,25,27H,2,4-12H2,1H3. The molecule has 0 saturated heterocycles. The lowest BCUT2D eigenvalue weighted by Gasteiger charge is -2.41. The summed E-state index contributed by atoms with van der Waals surface area (Å²) in [6, 6.07) is 0. The van der Waals surface area contributed by atoms with Gasteiger partial charge in [0.15, 0.2) is 5.78 Å². The number of Topliss-reactive ketones (excluding diaryl/α,β-unsaturated/α-hetero) is 1. The Bertz CT molecular complexity index is 633. The number of aliphatic hydroxyl groups excluding tert-OH is 1. The van der Waals surface area contributed by atoms with E-state index in [-0.39, 0.29) is 36.6 Å². The van der Waals surface area contributed by atoms with Gasteiger partial charge in [0.05, 0.1) is 0 Å². The quantitative estimate of drug-likeness (QED) is 0.722. The summed E-state index contributed by atoms with van der Waals surface area (Å²) in [6.07, 6.45) is 6.30. The van der Waals surface area contributed by atoms with Gasteiger partial charge >= 0.3 is 0 Å². The van der Waals surface area contributed by atoms with Crippen LogP contribution in [0.2, 0.25) is 0 Å². The SMILES string of the molecule is CC12CCC3CC(CC=C4CC(O)(C(F)F)CCC43)C1CCC2C(=O)CO. The Morgan fingerprint density at radius 3 is 2.70 bits per heavy atom. The fraction of sp³-hybridized carbons (Fsp3) is 0.864. The average Bonchev–Trinajstić information content (AvgIpc) is 2.79. The van der Waals surface area contributed by atoms with Gasteiger partial charge in [-0.05, 0) is 80.5 Å². The van der Waals surface area contributed by atoms with Crippen molar-refractivity contribution in [1.82, 2.24) is 0 Å². The van der Waals surface area contributed by atoms with E-state index in [9.17, 15) is 23.8 Å². The Hall–Kier alpha value is -0.810. The van der Waals surface area contributed by atoms with Crippen LogP contribution in [0, 0.1) is 35.0 Å². The zero-order chi connectivity index (χ0) is 19.4. The highest BCUT2D eigenvalue weighted by Gasteiger charge is 2.55. The average molecular weight is 382 g/mol. The van der Waals surface area contributed by atoms with Crippen LogP contribution >= 0.6 is 0 Å². The molecule has 0 heterocycles. The minimum atomic E-state index is -2.69. The second kappa shape index (κ2) is 6.91. The number of carbonyl (C=O) groups is 1. The number of allylic oxidation sites excluding steroid dienone is 1. The molecule has 4 aliphatic rings. The monoisotopic (exact) mass is 382 g/mol. The topological polar surface area (TPSA) is 57.5 Å². The van der Waals surface area contributed by atoms with E-state index in [1.807, 2.05) is 0 Å². The van der Waals surface area contributed by atoms with Gasteiger partial charge in [0.1, 0.15) is 12.2 Å². The van der Waals surface area contributed by atoms with E-state index in [1.54, 1.807) is 0 Å². The molecule has 0 amide bonds. The third-order valence-electron chi connectivity index (χ3n) is 8.72. The van der Waals surface area contributed by atoms with Crippen LogP contribution in [0.25, 0.3) is 0 Å². The minimum Gasteiger partial charge on any atom is -0.389 e. The first-order valence-electron chi connectivity index (χ1n) is 10.6. The van der Waals surface area contributed by atoms with E-state index in [0.717, 1.165) is 44.1 Å². The van der Waals surface area contributed by atoms with Crippen molar-refractivity contribution in [2.45, 2.75) is 76.7 Å². The Morgan fingerprint density at radius 1 is 1.22 bits per heavy atom. The van der Waals surface area contributed by atoms with Crippen molar-refractivity contribution in [3.05, 3.63) is 11.6 Å². The van der Waals surface area contributed by atoms with E-state index in [0.29, 0.717) is 30.1 Å². The predicted molar refractivity (Wildman–Crippen MR) is 98.2 cm³/mol. The van der Waals surface area contributed by atoms with Crippen LogP contribution < -0.4 is 0 Å². The molecule has 0 aromatic heterocycles. The molecule has 152 valence electrons. The highest BCUT2D eigenvalue weighted by molar-refractivity contribution is 5.83. The van der Waals surface area contributed by atoms with E-state index < -0.39 is 12.0 Å². The van der Waals surface area contributed by atoms with Crippen molar-refractivity contribution in [1.29, 1.82) is 0 Å². The summed E-state index contributed by atoms with van der Waals surface area (Å²) in [5.74, 6) is 1.68. The van der Waals surface area contributed by atoms with E-state index in [2.05, 4.69) is 13.0 Å². The van der Waals surface area contributed by atoms with Crippen LogP contribution in [0.5, 0.6) is 0 Å². The molecule has 7 atom stereocenters. The lowest BCUT2D eigenvalue weighted by atomic mass is 9.65. The number of hydrogen-bond acceptors (Lipinski definition) is 3. The van der Waals surface area contributed by atoms with Crippen LogP contribution in [-0.4, -0.2) is 34.6 Å². The maximum absolute atomic E-state index is 13.3. The van der Waals surface area contributed by atoms with Crippen LogP contribution in [-0.2, 0) is 4.79 Å². The molecule has 7 unspecified atom stereocenters. The molecule has 3 saturated carbocycles. The molecule has 2 bridgehead atoms. The molecule has 4 rings (SSSR count). The summed E-state index contributed by atoms with van der Waals surface area (Å²) in [5, 5.41) is 19.7. The highest BCUT2D eigenvalue weighted by Crippen LogP contribution is 2.61. The van der Waals surface area contributed by atoms with Gasteiger partial charge in [0.2, 0.25) is 0 Å². The van der Waals surface area contributed by atoms with Crippen LogP contribution in [0.4, 0.5) is 8.78 Å². The number of ketones is 1. The summed E-state index contributed by atoms with van der Waals surface area (Å²) >= 11 is 0. The minimum absolute atomic E-state index is 0.00912. The van der Waals surface area contributed by atoms with Crippen LogP contribution in [0.3, 0.4) is 0 Å². The molecule has 5 heteroatoms. The molecule has 0 aromatic carbocycles. The van der Waals surface area contributed by atoms with Gasteiger partial charge in [-0.3, -0.25) is 4.79 Å². The van der Waals surface area contributed by atoms with E-state index in [4.69, 9.17) is 0 Å². The lowest BCUT2D eigenvalue weighted by molar-refractivity contribution is -0.129. The number of hydrogen-bond donors (Lipinski definition) is 2. The van der Waals surface area contributed by atoms with E-state index >= 15 is 0 Å². The van der Waals surface area contributed by atoms with Gasteiger partial charge in [-0.2, -0.15) is 0 Å². The summed E-state index contributed by atoms with van der Waals surface area (Å²) in [5.41, 5.74) is -0.832. The van der Waals surface area contributed by atoms with Gasteiger partial charge in [-0.1, -0.05) is 18.6 Å². The number of carbonyl (C=O) groups excluding carboxylic acids is 1. The maximum atomic E-state index is 13.3. The Balaban J connectivity index is 1.60. The fourth-order valence-electron chi connectivity index (χ4n) is 7.24.